The van der Waals surface area contributed by atoms with Gasteiger partial charge in [-0.15, -0.1) is 10.2 Å². The minimum Gasteiger partial charge on any atom is -0.423 e. The van der Waals surface area contributed by atoms with Gasteiger partial charge in [0.05, 0.1) is 0 Å². The molecular weight excluding hydrogens is 250 g/mol. The van der Waals surface area contributed by atoms with Gasteiger partial charge in [0.1, 0.15) is 0 Å². The van der Waals surface area contributed by atoms with Crippen molar-refractivity contribution in [3.8, 4) is 11.5 Å². The molecule has 20 heavy (non-hydrogen) atoms. The quantitative estimate of drug-likeness (QED) is 0.906. The van der Waals surface area contributed by atoms with Crippen molar-refractivity contribution >= 4 is 5.69 Å². The monoisotopic (exact) mass is 271 g/mol. The van der Waals surface area contributed by atoms with Crippen LogP contribution in [0.4, 0.5) is 5.69 Å². The van der Waals surface area contributed by atoms with E-state index in [9.17, 15) is 0 Å². The van der Waals surface area contributed by atoms with Crippen LogP contribution in [0.1, 0.15) is 44.9 Å². The first kappa shape index (κ1) is 13.2. The number of hydrogen-bond acceptors (Lipinski definition) is 4. The van der Waals surface area contributed by atoms with Gasteiger partial charge in [-0.25, -0.2) is 0 Å². The Balaban J connectivity index is 1.62. The lowest BCUT2D eigenvalue weighted by molar-refractivity contribution is 0.471. The van der Waals surface area contributed by atoms with Crippen molar-refractivity contribution in [2.75, 3.05) is 5.32 Å². The van der Waals surface area contributed by atoms with Crippen LogP contribution in [0.15, 0.2) is 35.1 Å². The number of nitrogens with one attached hydrogen (secondary N) is 1. The molecule has 1 aliphatic carbocycles. The number of benzene rings is 1. The average Bonchev–Trinajstić information content (AvgIpc) is 2.96. The number of hydrogen-bond donors (Lipinski definition) is 1. The fourth-order valence-electron chi connectivity index (χ4n) is 2.84. The largest absolute Gasteiger partial charge is 0.423 e. The van der Waals surface area contributed by atoms with E-state index < -0.39 is 0 Å². The predicted molar refractivity (Wildman–Crippen MR) is 79.5 cm³/mol. The van der Waals surface area contributed by atoms with Crippen molar-refractivity contribution in [2.45, 2.75) is 51.0 Å². The van der Waals surface area contributed by atoms with Gasteiger partial charge in [-0.3, -0.25) is 0 Å². The highest BCUT2D eigenvalue weighted by atomic mass is 16.4. The summed E-state index contributed by atoms with van der Waals surface area (Å²) in [6.45, 7) is 0. The lowest BCUT2D eigenvalue weighted by Gasteiger charge is -2.22. The smallest absolute Gasteiger partial charge is 0.247 e. The molecule has 2 aromatic rings. The number of rotatable bonds is 3. The molecule has 106 valence electrons. The van der Waals surface area contributed by atoms with Crippen molar-refractivity contribution in [3.63, 3.8) is 0 Å². The molecule has 0 amide bonds. The van der Waals surface area contributed by atoms with Gasteiger partial charge in [0.2, 0.25) is 12.3 Å². The zero-order valence-electron chi connectivity index (χ0n) is 11.7. The molecule has 3 rings (SSSR count). The first-order valence-corrected chi connectivity index (χ1v) is 7.55. The third kappa shape index (κ3) is 3.38. The molecule has 0 unspecified atom stereocenters. The minimum atomic E-state index is 0.572. The summed E-state index contributed by atoms with van der Waals surface area (Å²) in [6.07, 6.45) is 10.8. The molecule has 1 aromatic carbocycles. The van der Waals surface area contributed by atoms with Crippen LogP contribution in [0.2, 0.25) is 0 Å². The summed E-state index contributed by atoms with van der Waals surface area (Å²) >= 11 is 0. The standard InChI is InChI=1S/C16H21N3O/c1-2-4-6-14(7-5-3-1)18-15-10-8-13(9-11-15)16-19-17-12-20-16/h8-12,14,18H,1-7H2. The van der Waals surface area contributed by atoms with Crippen LogP contribution in [0, 0.1) is 0 Å². The molecule has 0 bridgehead atoms. The molecule has 1 N–H and O–H groups in total. The second kappa shape index (κ2) is 6.55. The van der Waals surface area contributed by atoms with E-state index in [1.54, 1.807) is 0 Å². The van der Waals surface area contributed by atoms with E-state index >= 15 is 0 Å². The molecular formula is C16H21N3O. The van der Waals surface area contributed by atoms with Gasteiger partial charge in [0, 0.05) is 17.3 Å². The number of anilines is 1. The molecule has 4 heteroatoms. The normalized spacial score (nSPS) is 17.4. The lowest BCUT2D eigenvalue weighted by atomic mass is 9.96. The second-order valence-electron chi connectivity index (χ2n) is 5.51. The molecule has 0 atom stereocenters. The Kier molecular flexibility index (Phi) is 4.31. The van der Waals surface area contributed by atoms with Crippen LogP contribution in [-0.2, 0) is 0 Å². The highest BCUT2D eigenvalue weighted by Gasteiger charge is 2.11. The molecule has 1 aliphatic rings. The minimum absolute atomic E-state index is 0.572. The summed E-state index contributed by atoms with van der Waals surface area (Å²) in [7, 11) is 0. The van der Waals surface area contributed by atoms with E-state index in [2.05, 4.69) is 27.6 Å². The topological polar surface area (TPSA) is 51.0 Å². The van der Waals surface area contributed by atoms with Gasteiger partial charge in [0.15, 0.2) is 0 Å². The van der Waals surface area contributed by atoms with Gasteiger partial charge >= 0.3 is 0 Å². The summed E-state index contributed by atoms with van der Waals surface area (Å²) in [6, 6.07) is 8.86. The zero-order chi connectivity index (χ0) is 13.6. The molecule has 1 aromatic heterocycles. The summed E-state index contributed by atoms with van der Waals surface area (Å²) in [5.74, 6) is 0.572. The van der Waals surface area contributed by atoms with Gasteiger partial charge in [-0.05, 0) is 37.1 Å². The summed E-state index contributed by atoms with van der Waals surface area (Å²) in [5.41, 5.74) is 2.14. The summed E-state index contributed by atoms with van der Waals surface area (Å²) < 4.78 is 5.20. The van der Waals surface area contributed by atoms with Crippen molar-refractivity contribution in [2.24, 2.45) is 0 Å². The molecule has 1 fully saturated rings. The van der Waals surface area contributed by atoms with E-state index in [4.69, 9.17) is 4.42 Å². The van der Waals surface area contributed by atoms with Crippen LogP contribution in [0.3, 0.4) is 0 Å². The maximum Gasteiger partial charge on any atom is 0.247 e. The Labute approximate surface area is 119 Å². The van der Waals surface area contributed by atoms with E-state index in [0.29, 0.717) is 11.9 Å². The molecule has 0 saturated heterocycles. The fraction of sp³-hybridized carbons (Fsp3) is 0.500. The maximum absolute atomic E-state index is 5.20. The number of nitrogens with zero attached hydrogens (tertiary/aromatic N) is 2. The van der Waals surface area contributed by atoms with E-state index in [-0.39, 0.29) is 0 Å². The summed E-state index contributed by atoms with van der Waals surface area (Å²) in [4.78, 5) is 0. The Morgan fingerprint density at radius 3 is 2.30 bits per heavy atom. The first-order chi connectivity index (χ1) is 9.92. The third-order valence-electron chi connectivity index (χ3n) is 3.97. The van der Waals surface area contributed by atoms with Gasteiger partial charge in [-0.2, -0.15) is 0 Å². The average molecular weight is 271 g/mol. The fourth-order valence-corrected chi connectivity index (χ4v) is 2.84. The summed E-state index contributed by atoms with van der Waals surface area (Å²) in [5, 5.41) is 11.3. The van der Waals surface area contributed by atoms with Crippen LogP contribution in [-0.4, -0.2) is 16.2 Å². The van der Waals surface area contributed by atoms with E-state index in [1.165, 1.54) is 57.0 Å². The van der Waals surface area contributed by atoms with Gasteiger partial charge in [-0.1, -0.05) is 32.1 Å². The Morgan fingerprint density at radius 2 is 1.65 bits per heavy atom. The molecule has 4 nitrogen and oxygen atoms in total. The van der Waals surface area contributed by atoms with Gasteiger partial charge < -0.3 is 9.73 Å². The van der Waals surface area contributed by atoms with Crippen molar-refractivity contribution < 1.29 is 4.42 Å². The maximum atomic E-state index is 5.20. The van der Waals surface area contributed by atoms with Crippen LogP contribution >= 0.6 is 0 Å². The van der Waals surface area contributed by atoms with Crippen molar-refractivity contribution in [3.05, 3.63) is 30.7 Å². The number of aromatic nitrogens is 2. The molecule has 1 saturated carbocycles. The third-order valence-corrected chi connectivity index (χ3v) is 3.97. The SMILES string of the molecule is c1nnc(-c2ccc(NC3CCCCCCC3)cc2)o1. The highest BCUT2D eigenvalue weighted by Crippen LogP contribution is 2.23. The molecule has 0 aliphatic heterocycles. The van der Waals surface area contributed by atoms with Crippen molar-refractivity contribution in [1.82, 2.24) is 10.2 Å². The first-order valence-electron chi connectivity index (χ1n) is 7.55. The Hall–Kier alpha value is -1.84. The molecule has 0 spiro atoms. The van der Waals surface area contributed by atoms with Crippen LogP contribution < -0.4 is 5.32 Å². The highest BCUT2D eigenvalue weighted by molar-refractivity contribution is 5.58. The van der Waals surface area contributed by atoms with Crippen LogP contribution in [0.5, 0.6) is 0 Å². The Morgan fingerprint density at radius 1 is 0.950 bits per heavy atom. The molecule has 0 radical (unpaired) electrons. The molecule has 1 heterocycles. The van der Waals surface area contributed by atoms with Crippen LogP contribution in [0.25, 0.3) is 11.5 Å². The Bertz CT molecular complexity index is 499. The lowest BCUT2D eigenvalue weighted by Crippen LogP contribution is -2.20. The zero-order valence-corrected chi connectivity index (χ0v) is 11.7. The van der Waals surface area contributed by atoms with Gasteiger partial charge in [0.25, 0.3) is 0 Å². The van der Waals surface area contributed by atoms with E-state index in [1.807, 2.05) is 12.1 Å². The van der Waals surface area contributed by atoms with E-state index in [0.717, 1.165) is 5.56 Å². The second-order valence-corrected chi connectivity index (χ2v) is 5.51. The van der Waals surface area contributed by atoms with Crippen molar-refractivity contribution in [1.29, 1.82) is 0 Å². The predicted octanol–water partition coefficient (Wildman–Crippen LogP) is 4.26.